The van der Waals surface area contributed by atoms with Crippen molar-refractivity contribution < 1.29 is 4.92 Å². The lowest BCUT2D eigenvalue weighted by atomic mass is 10.4. The van der Waals surface area contributed by atoms with E-state index in [4.69, 9.17) is 0 Å². The van der Waals surface area contributed by atoms with Crippen molar-refractivity contribution in [1.82, 2.24) is 15.0 Å². The summed E-state index contributed by atoms with van der Waals surface area (Å²) in [7, 11) is 0. The fraction of sp³-hybridized carbons (Fsp3) is 0.111. The van der Waals surface area contributed by atoms with E-state index in [1.165, 1.54) is 24.0 Å². The summed E-state index contributed by atoms with van der Waals surface area (Å²) in [4.78, 5) is 20.8. The minimum absolute atomic E-state index is 0.00545. The van der Waals surface area contributed by atoms with Gasteiger partial charge in [0, 0.05) is 23.7 Å². The molecule has 0 radical (unpaired) electrons. The fourth-order valence-corrected chi connectivity index (χ4v) is 1.83. The van der Waals surface area contributed by atoms with Crippen molar-refractivity contribution in [3.05, 3.63) is 46.7 Å². The largest absolute Gasteiger partial charge is 0.348 e. The van der Waals surface area contributed by atoms with E-state index in [0.29, 0.717) is 5.75 Å². The summed E-state index contributed by atoms with van der Waals surface area (Å²) in [5.41, 5.74) is 0.996. The van der Waals surface area contributed by atoms with Crippen LogP contribution in [0.2, 0.25) is 0 Å². The number of aromatic amines is 1. The third-order valence-corrected chi connectivity index (χ3v) is 2.85. The second-order valence-corrected chi connectivity index (χ2v) is 3.97. The van der Waals surface area contributed by atoms with Crippen molar-refractivity contribution in [2.75, 3.05) is 0 Å². The van der Waals surface area contributed by atoms with Gasteiger partial charge in [0.25, 0.3) is 5.69 Å². The predicted molar refractivity (Wildman–Crippen MR) is 59.0 cm³/mol. The minimum Gasteiger partial charge on any atom is -0.348 e. The normalized spacial score (nSPS) is 10.2. The lowest BCUT2D eigenvalue weighted by Crippen LogP contribution is -1.89. The molecule has 16 heavy (non-hydrogen) atoms. The highest BCUT2D eigenvalue weighted by Crippen LogP contribution is 2.21. The smallest absolute Gasteiger partial charge is 0.287 e. The summed E-state index contributed by atoms with van der Waals surface area (Å²) in [6, 6.07) is 3.08. The number of nitro groups is 1. The Morgan fingerprint density at radius 2 is 2.31 bits per heavy atom. The Kier molecular flexibility index (Phi) is 3.16. The van der Waals surface area contributed by atoms with E-state index in [1.54, 1.807) is 18.6 Å². The van der Waals surface area contributed by atoms with Crippen molar-refractivity contribution in [2.24, 2.45) is 0 Å². The summed E-state index contributed by atoms with van der Waals surface area (Å²) in [5, 5.41) is 11.2. The number of hydrogen-bond donors (Lipinski definition) is 1. The van der Waals surface area contributed by atoms with Crippen LogP contribution < -0.4 is 0 Å². The molecule has 0 aliphatic heterocycles. The summed E-state index contributed by atoms with van der Waals surface area (Å²) in [6.45, 7) is 0. The maximum atomic E-state index is 10.4. The average Bonchev–Trinajstić information content (AvgIpc) is 2.80. The number of rotatable bonds is 4. The van der Waals surface area contributed by atoms with Gasteiger partial charge < -0.3 is 4.98 Å². The monoisotopic (exact) mass is 236 g/mol. The maximum Gasteiger partial charge on any atom is 0.287 e. The highest BCUT2D eigenvalue weighted by atomic mass is 32.2. The molecule has 82 valence electrons. The van der Waals surface area contributed by atoms with Gasteiger partial charge in [0.2, 0.25) is 0 Å². The molecule has 6 nitrogen and oxygen atoms in total. The van der Waals surface area contributed by atoms with E-state index in [1.807, 2.05) is 0 Å². The number of thioether (sulfide) groups is 1. The highest BCUT2D eigenvalue weighted by molar-refractivity contribution is 7.98. The van der Waals surface area contributed by atoms with Gasteiger partial charge in [0.15, 0.2) is 0 Å². The third kappa shape index (κ3) is 2.57. The molecule has 0 unspecified atom stereocenters. The molecule has 2 aromatic heterocycles. The van der Waals surface area contributed by atoms with Crippen molar-refractivity contribution in [1.29, 1.82) is 0 Å². The lowest BCUT2D eigenvalue weighted by molar-refractivity contribution is -0.385. The number of hydrogen-bond acceptors (Lipinski definition) is 5. The summed E-state index contributed by atoms with van der Waals surface area (Å²) in [6.07, 6.45) is 4.60. The van der Waals surface area contributed by atoms with Crippen molar-refractivity contribution >= 4 is 17.4 Å². The molecule has 0 fully saturated rings. The molecule has 0 spiro atoms. The van der Waals surface area contributed by atoms with Gasteiger partial charge in [-0.05, 0) is 6.07 Å². The molecule has 7 heteroatoms. The van der Waals surface area contributed by atoms with Crippen molar-refractivity contribution in [2.45, 2.75) is 10.8 Å². The van der Waals surface area contributed by atoms with E-state index in [2.05, 4.69) is 15.0 Å². The molecule has 2 rings (SSSR count). The van der Waals surface area contributed by atoms with Crippen LogP contribution in [0.15, 0.2) is 35.9 Å². The number of nitrogens with one attached hydrogen (secondary N) is 1. The molecule has 0 saturated carbocycles. The SMILES string of the molecule is O=[N+]([O-])c1ccc(SCc2cnc[nH]2)nc1. The van der Waals surface area contributed by atoms with E-state index < -0.39 is 4.92 Å². The predicted octanol–water partition coefficient (Wildman–Crippen LogP) is 2.01. The van der Waals surface area contributed by atoms with Crippen molar-refractivity contribution in [3.8, 4) is 0 Å². The van der Waals surface area contributed by atoms with Crippen LogP contribution in [0.4, 0.5) is 5.69 Å². The Bertz CT molecular complexity index is 469. The number of aromatic nitrogens is 3. The zero-order valence-corrected chi connectivity index (χ0v) is 8.98. The fourth-order valence-electron chi connectivity index (χ4n) is 1.08. The zero-order chi connectivity index (χ0) is 11.4. The Hall–Kier alpha value is -1.89. The number of nitrogens with zero attached hydrogens (tertiary/aromatic N) is 3. The zero-order valence-electron chi connectivity index (χ0n) is 8.16. The molecule has 1 N–H and O–H groups in total. The van der Waals surface area contributed by atoms with Crippen LogP contribution >= 0.6 is 11.8 Å². The Morgan fingerprint density at radius 3 is 2.88 bits per heavy atom. The molecular weight excluding hydrogens is 228 g/mol. The van der Waals surface area contributed by atoms with Gasteiger partial charge in [0.05, 0.1) is 16.3 Å². The van der Waals surface area contributed by atoms with Crippen LogP contribution in [0.3, 0.4) is 0 Å². The second-order valence-electron chi connectivity index (χ2n) is 2.98. The first-order valence-electron chi connectivity index (χ1n) is 4.46. The standard InChI is InChI=1S/C9H8N4O2S/c14-13(15)8-1-2-9(11-4-8)16-5-7-3-10-6-12-7/h1-4,6H,5H2,(H,10,12). The number of pyridine rings is 1. The summed E-state index contributed by atoms with van der Waals surface area (Å²) < 4.78 is 0. The van der Waals surface area contributed by atoms with Crippen LogP contribution in [0.5, 0.6) is 0 Å². The molecule has 2 heterocycles. The van der Waals surface area contributed by atoms with Gasteiger partial charge in [-0.1, -0.05) is 0 Å². The van der Waals surface area contributed by atoms with Gasteiger partial charge in [-0.2, -0.15) is 0 Å². The third-order valence-electron chi connectivity index (χ3n) is 1.86. The van der Waals surface area contributed by atoms with Crippen LogP contribution in [-0.4, -0.2) is 19.9 Å². The molecule has 0 aliphatic rings. The Labute approximate surface area is 95.3 Å². The van der Waals surface area contributed by atoms with Crippen LogP contribution in [-0.2, 0) is 5.75 Å². The molecule has 0 aromatic carbocycles. The molecule has 0 saturated heterocycles. The molecular formula is C9H8N4O2S. The van der Waals surface area contributed by atoms with Crippen molar-refractivity contribution in [3.63, 3.8) is 0 Å². The first kappa shape index (κ1) is 10.6. The van der Waals surface area contributed by atoms with Gasteiger partial charge in [0.1, 0.15) is 6.20 Å². The van der Waals surface area contributed by atoms with Crippen LogP contribution in [0.1, 0.15) is 5.69 Å². The second kappa shape index (κ2) is 4.75. The highest BCUT2D eigenvalue weighted by Gasteiger charge is 2.05. The summed E-state index contributed by atoms with van der Waals surface area (Å²) in [5.74, 6) is 0.713. The molecule has 2 aromatic rings. The minimum atomic E-state index is -0.462. The van der Waals surface area contributed by atoms with Crippen LogP contribution in [0, 0.1) is 10.1 Å². The first-order valence-corrected chi connectivity index (χ1v) is 5.45. The molecule has 0 bridgehead atoms. The number of imidazole rings is 1. The van der Waals surface area contributed by atoms with Crippen LogP contribution in [0.25, 0.3) is 0 Å². The topological polar surface area (TPSA) is 84.7 Å². The molecule has 0 amide bonds. The molecule has 0 atom stereocenters. The Morgan fingerprint density at radius 1 is 1.44 bits per heavy atom. The Balaban J connectivity index is 1.98. The first-order chi connectivity index (χ1) is 7.75. The number of H-pyrrole nitrogens is 1. The van der Waals surface area contributed by atoms with E-state index in [9.17, 15) is 10.1 Å². The van der Waals surface area contributed by atoms with Gasteiger partial charge in [-0.15, -0.1) is 11.8 Å². The lowest BCUT2D eigenvalue weighted by Gasteiger charge is -1.98. The molecule has 0 aliphatic carbocycles. The average molecular weight is 236 g/mol. The van der Waals surface area contributed by atoms with Gasteiger partial charge >= 0.3 is 0 Å². The van der Waals surface area contributed by atoms with Gasteiger partial charge in [-0.3, -0.25) is 10.1 Å². The van der Waals surface area contributed by atoms with Gasteiger partial charge in [-0.25, -0.2) is 9.97 Å². The maximum absolute atomic E-state index is 10.4. The van der Waals surface area contributed by atoms with E-state index >= 15 is 0 Å². The van der Waals surface area contributed by atoms with E-state index in [0.717, 1.165) is 10.7 Å². The van der Waals surface area contributed by atoms with E-state index in [-0.39, 0.29) is 5.69 Å². The summed E-state index contributed by atoms with van der Waals surface area (Å²) >= 11 is 1.49. The quantitative estimate of drug-likeness (QED) is 0.498.